The standard InChI is InChI=1S/C10H9ClFNO2/c1-5-10(14)13(2)8-4-7(12)6(11)3-9(8)15-5/h3-5H,1-2H3. The molecule has 0 fully saturated rings. The molecule has 2 rings (SSSR count). The molecule has 80 valence electrons. The van der Waals surface area contributed by atoms with Gasteiger partial charge in [0.15, 0.2) is 6.10 Å². The highest BCUT2D eigenvalue weighted by Gasteiger charge is 2.29. The van der Waals surface area contributed by atoms with Crippen molar-refractivity contribution in [3.8, 4) is 5.75 Å². The third kappa shape index (κ3) is 1.55. The second-order valence-electron chi connectivity index (χ2n) is 3.39. The molecule has 5 heteroatoms. The van der Waals surface area contributed by atoms with Gasteiger partial charge in [-0.2, -0.15) is 0 Å². The van der Waals surface area contributed by atoms with Gasteiger partial charge >= 0.3 is 0 Å². The maximum absolute atomic E-state index is 13.2. The Morgan fingerprint density at radius 3 is 2.87 bits per heavy atom. The summed E-state index contributed by atoms with van der Waals surface area (Å²) in [6, 6.07) is 2.58. The van der Waals surface area contributed by atoms with Gasteiger partial charge in [-0.3, -0.25) is 4.79 Å². The summed E-state index contributed by atoms with van der Waals surface area (Å²) in [7, 11) is 1.58. The minimum absolute atomic E-state index is 0.0105. The molecule has 0 N–H and O–H groups in total. The number of hydrogen-bond acceptors (Lipinski definition) is 2. The van der Waals surface area contributed by atoms with E-state index < -0.39 is 11.9 Å². The van der Waals surface area contributed by atoms with Gasteiger partial charge in [-0.25, -0.2) is 4.39 Å². The predicted octanol–water partition coefficient (Wildman–Crippen LogP) is 2.22. The first-order valence-electron chi connectivity index (χ1n) is 4.44. The number of carbonyl (C=O) groups excluding carboxylic acids is 1. The summed E-state index contributed by atoms with van der Waals surface area (Å²) in [4.78, 5) is 12.9. The molecule has 0 aliphatic carbocycles. The first-order valence-corrected chi connectivity index (χ1v) is 4.82. The summed E-state index contributed by atoms with van der Waals surface area (Å²) in [6.07, 6.45) is -0.566. The van der Waals surface area contributed by atoms with E-state index in [9.17, 15) is 9.18 Å². The fourth-order valence-electron chi connectivity index (χ4n) is 1.51. The zero-order valence-corrected chi connectivity index (χ0v) is 9.01. The van der Waals surface area contributed by atoms with E-state index in [4.69, 9.17) is 16.3 Å². The summed E-state index contributed by atoms with van der Waals surface area (Å²) in [5.74, 6) is -0.339. The minimum Gasteiger partial charge on any atom is -0.479 e. The van der Waals surface area contributed by atoms with E-state index in [1.165, 1.54) is 17.0 Å². The Labute approximate surface area is 91.4 Å². The molecular weight excluding hydrogens is 221 g/mol. The molecule has 0 spiro atoms. The van der Waals surface area contributed by atoms with Crippen molar-refractivity contribution >= 4 is 23.2 Å². The summed E-state index contributed by atoms with van der Waals surface area (Å²) >= 11 is 5.62. The van der Waals surface area contributed by atoms with Crippen molar-refractivity contribution in [2.45, 2.75) is 13.0 Å². The monoisotopic (exact) mass is 229 g/mol. The van der Waals surface area contributed by atoms with Crippen molar-refractivity contribution in [2.75, 3.05) is 11.9 Å². The quantitative estimate of drug-likeness (QED) is 0.683. The summed E-state index contributed by atoms with van der Waals surface area (Å²) < 4.78 is 18.5. The number of carbonyl (C=O) groups is 1. The lowest BCUT2D eigenvalue weighted by molar-refractivity contribution is -0.125. The number of halogens is 2. The van der Waals surface area contributed by atoms with Crippen molar-refractivity contribution < 1.29 is 13.9 Å². The van der Waals surface area contributed by atoms with Crippen LogP contribution in [0.4, 0.5) is 10.1 Å². The molecule has 1 amide bonds. The Balaban J connectivity index is 2.56. The van der Waals surface area contributed by atoms with Gasteiger partial charge in [0.2, 0.25) is 0 Å². The average molecular weight is 230 g/mol. The third-order valence-corrected chi connectivity index (χ3v) is 2.63. The molecule has 1 heterocycles. The van der Waals surface area contributed by atoms with Gasteiger partial charge in [-0.15, -0.1) is 0 Å². The van der Waals surface area contributed by atoms with E-state index in [1.807, 2.05) is 0 Å². The average Bonchev–Trinajstić information content (AvgIpc) is 2.19. The van der Waals surface area contributed by atoms with Crippen LogP contribution in [0.1, 0.15) is 6.92 Å². The normalized spacial score (nSPS) is 19.9. The minimum atomic E-state index is -0.566. The molecule has 1 aliphatic heterocycles. The van der Waals surface area contributed by atoms with Crippen molar-refractivity contribution in [1.82, 2.24) is 0 Å². The largest absolute Gasteiger partial charge is 0.479 e. The number of amides is 1. The van der Waals surface area contributed by atoms with Crippen LogP contribution in [0.25, 0.3) is 0 Å². The van der Waals surface area contributed by atoms with E-state index in [0.29, 0.717) is 11.4 Å². The molecule has 0 bridgehead atoms. The van der Waals surface area contributed by atoms with E-state index in [1.54, 1.807) is 14.0 Å². The Morgan fingerprint density at radius 2 is 2.20 bits per heavy atom. The number of rotatable bonds is 0. The molecule has 15 heavy (non-hydrogen) atoms. The van der Waals surface area contributed by atoms with Crippen LogP contribution in [0, 0.1) is 5.82 Å². The first-order chi connectivity index (χ1) is 7.00. The second kappa shape index (κ2) is 3.38. The van der Waals surface area contributed by atoms with Crippen molar-refractivity contribution in [3.05, 3.63) is 23.0 Å². The number of likely N-dealkylation sites (N-methyl/N-ethyl adjacent to an activating group) is 1. The first kappa shape index (κ1) is 10.2. The van der Waals surface area contributed by atoms with Gasteiger partial charge in [0, 0.05) is 19.2 Å². The van der Waals surface area contributed by atoms with E-state index in [2.05, 4.69) is 0 Å². The van der Waals surface area contributed by atoms with Crippen LogP contribution in [0.3, 0.4) is 0 Å². The Morgan fingerprint density at radius 1 is 1.53 bits per heavy atom. The molecule has 1 aromatic carbocycles. The summed E-state index contributed by atoms with van der Waals surface area (Å²) in [5.41, 5.74) is 0.403. The molecule has 0 aromatic heterocycles. The summed E-state index contributed by atoms with van der Waals surface area (Å²) in [6.45, 7) is 1.64. The van der Waals surface area contributed by atoms with Crippen LogP contribution in [0.2, 0.25) is 5.02 Å². The van der Waals surface area contributed by atoms with Gasteiger partial charge in [0.05, 0.1) is 10.7 Å². The van der Waals surface area contributed by atoms with Gasteiger partial charge in [0.1, 0.15) is 11.6 Å². The topological polar surface area (TPSA) is 29.5 Å². The number of hydrogen-bond donors (Lipinski definition) is 0. The third-order valence-electron chi connectivity index (χ3n) is 2.35. The van der Waals surface area contributed by atoms with Crippen LogP contribution < -0.4 is 9.64 Å². The lowest BCUT2D eigenvalue weighted by atomic mass is 10.2. The molecule has 1 unspecified atom stereocenters. The molecule has 1 aliphatic rings. The molecule has 0 saturated carbocycles. The van der Waals surface area contributed by atoms with Gasteiger partial charge in [0.25, 0.3) is 5.91 Å². The van der Waals surface area contributed by atoms with Crippen molar-refractivity contribution in [2.24, 2.45) is 0 Å². The molecular formula is C10H9ClFNO2. The van der Waals surface area contributed by atoms with Crippen LogP contribution in [-0.2, 0) is 4.79 Å². The van der Waals surface area contributed by atoms with E-state index in [-0.39, 0.29) is 10.9 Å². The maximum atomic E-state index is 13.2. The molecule has 0 radical (unpaired) electrons. The molecule has 0 saturated heterocycles. The van der Waals surface area contributed by atoms with Crippen LogP contribution >= 0.6 is 11.6 Å². The zero-order chi connectivity index (χ0) is 11.2. The van der Waals surface area contributed by atoms with Gasteiger partial charge < -0.3 is 9.64 Å². The van der Waals surface area contributed by atoms with Crippen LogP contribution in [0.15, 0.2) is 12.1 Å². The lowest BCUT2D eigenvalue weighted by Gasteiger charge is -2.30. The van der Waals surface area contributed by atoms with Crippen LogP contribution in [0.5, 0.6) is 5.75 Å². The SMILES string of the molecule is CC1Oc2cc(Cl)c(F)cc2N(C)C1=O. The van der Waals surface area contributed by atoms with Gasteiger partial charge in [-0.1, -0.05) is 11.6 Å². The Hall–Kier alpha value is -1.29. The Bertz CT molecular complexity index is 436. The fraction of sp³-hybridized carbons (Fsp3) is 0.300. The lowest BCUT2D eigenvalue weighted by Crippen LogP contribution is -2.42. The highest BCUT2D eigenvalue weighted by atomic mass is 35.5. The molecule has 1 aromatic rings. The predicted molar refractivity (Wildman–Crippen MR) is 54.9 cm³/mol. The Kier molecular flexibility index (Phi) is 2.31. The van der Waals surface area contributed by atoms with Crippen molar-refractivity contribution in [3.63, 3.8) is 0 Å². The highest BCUT2D eigenvalue weighted by Crippen LogP contribution is 2.36. The zero-order valence-electron chi connectivity index (χ0n) is 8.25. The smallest absolute Gasteiger partial charge is 0.267 e. The van der Waals surface area contributed by atoms with E-state index in [0.717, 1.165) is 0 Å². The highest BCUT2D eigenvalue weighted by molar-refractivity contribution is 6.31. The molecule has 3 nitrogen and oxygen atoms in total. The number of fused-ring (bicyclic) bond motifs is 1. The number of benzene rings is 1. The summed E-state index contributed by atoms with van der Waals surface area (Å²) in [5, 5.41) is -0.0105. The fourth-order valence-corrected chi connectivity index (χ4v) is 1.66. The van der Waals surface area contributed by atoms with Crippen LogP contribution in [-0.4, -0.2) is 19.1 Å². The van der Waals surface area contributed by atoms with E-state index >= 15 is 0 Å². The molecule has 1 atom stereocenters. The number of ether oxygens (including phenoxy) is 1. The number of nitrogens with zero attached hydrogens (tertiary/aromatic N) is 1. The second-order valence-corrected chi connectivity index (χ2v) is 3.80. The van der Waals surface area contributed by atoms with Crippen molar-refractivity contribution in [1.29, 1.82) is 0 Å². The van der Waals surface area contributed by atoms with Gasteiger partial charge in [-0.05, 0) is 6.92 Å². The number of anilines is 1. The maximum Gasteiger partial charge on any atom is 0.267 e.